The third kappa shape index (κ3) is 4.94. The van der Waals surface area contributed by atoms with Crippen LogP contribution < -0.4 is 5.32 Å². The second-order valence-electron chi connectivity index (χ2n) is 4.70. The van der Waals surface area contributed by atoms with Crippen LogP contribution in [-0.4, -0.2) is 23.8 Å². The van der Waals surface area contributed by atoms with E-state index in [-0.39, 0.29) is 0 Å². The van der Waals surface area contributed by atoms with Gasteiger partial charge in [-0.15, -0.1) is 0 Å². The summed E-state index contributed by atoms with van der Waals surface area (Å²) in [5.74, 6) is 0. The third-order valence-electron chi connectivity index (χ3n) is 3.07. The first kappa shape index (κ1) is 14.4. The Morgan fingerprint density at radius 1 is 1.10 bits per heavy atom. The average Bonchev–Trinajstić information content (AvgIpc) is 2.52. The van der Waals surface area contributed by atoms with Crippen molar-refractivity contribution in [1.82, 2.24) is 10.3 Å². The molecule has 3 nitrogen and oxygen atoms in total. The van der Waals surface area contributed by atoms with Crippen molar-refractivity contribution >= 4 is 5.71 Å². The van der Waals surface area contributed by atoms with Crippen LogP contribution in [0.4, 0.5) is 0 Å². The first-order chi connectivity index (χ1) is 9.86. The van der Waals surface area contributed by atoms with E-state index in [9.17, 15) is 0 Å². The van der Waals surface area contributed by atoms with Crippen LogP contribution in [0.2, 0.25) is 0 Å². The van der Waals surface area contributed by atoms with E-state index in [2.05, 4.69) is 39.6 Å². The van der Waals surface area contributed by atoms with Crippen LogP contribution in [0.15, 0.2) is 59.7 Å². The largest absolute Gasteiger partial charge is 0.313 e. The van der Waals surface area contributed by atoms with Gasteiger partial charge in [0.1, 0.15) is 0 Å². The molecule has 1 aromatic carbocycles. The Hall–Kier alpha value is -2.00. The van der Waals surface area contributed by atoms with Crippen LogP contribution in [0.25, 0.3) is 0 Å². The molecule has 0 aliphatic heterocycles. The molecule has 0 saturated heterocycles. The highest BCUT2D eigenvalue weighted by Crippen LogP contribution is 1.98. The Labute approximate surface area is 120 Å². The maximum Gasteiger partial charge on any atom is 0.0836 e. The van der Waals surface area contributed by atoms with Crippen molar-refractivity contribution in [3.63, 3.8) is 0 Å². The minimum Gasteiger partial charge on any atom is -0.313 e. The Kier molecular flexibility index (Phi) is 5.93. The molecule has 1 aromatic heterocycles. The zero-order valence-electron chi connectivity index (χ0n) is 11.9. The molecule has 1 heterocycles. The quantitative estimate of drug-likeness (QED) is 0.618. The molecule has 1 N–H and O–H groups in total. The maximum atomic E-state index is 4.55. The van der Waals surface area contributed by atoms with Gasteiger partial charge in [-0.2, -0.15) is 0 Å². The molecular weight excluding hydrogens is 246 g/mol. The van der Waals surface area contributed by atoms with Gasteiger partial charge in [-0.3, -0.25) is 9.98 Å². The van der Waals surface area contributed by atoms with Crippen molar-refractivity contribution in [2.45, 2.75) is 19.9 Å². The normalized spacial score (nSPS) is 11.6. The second-order valence-corrected chi connectivity index (χ2v) is 4.70. The second kappa shape index (κ2) is 8.23. The van der Waals surface area contributed by atoms with Gasteiger partial charge in [0, 0.05) is 19.3 Å². The molecule has 2 aromatic rings. The highest BCUT2D eigenvalue weighted by Gasteiger charge is 1.96. The van der Waals surface area contributed by atoms with Crippen molar-refractivity contribution < 1.29 is 0 Å². The number of rotatable bonds is 7. The average molecular weight is 267 g/mol. The molecule has 2 rings (SSSR count). The van der Waals surface area contributed by atoms with Gasteiger partial charge in [-0.25, -0.2) is 0 Å². The molecule has 3 heteroatoms. The summed E-state index contributed by atoms with van der Waals surface area (Å²) in [4.78, 5) is 8.84. The van der Waals surface area contributed by atoms with Gasteiger partial charge in [-0.1, -0.05) is 36.4 Å². The monoisotopic (exact) mass is 267 g/mol. The molecule has 0 bridgehead atoms. The summed E-state index contributed by atoms with van der Waals surface area (Å²) in [6, 6.07) is 16.3. The van der Waals surface area contributed by atoms with Gasteiger partial charge in [0.05, 0.1) is 11.4 Å². The highest BCUT2D eigenvalue weighted by atomic mass is 14.9. The lowest BCUT2D eigenvalue weighted by Gasteiger charge is -2.04. The van der Waals surface area contributed by atoms with Crippen molar-refractivity contribution in [3.05, 3.63) is 66.0 Å². The van der Waals surface area contributed by atoms with Crippen molar-refractivity contribution in [3.8, 4) is 0 Å². The minimum atomic E-state index is 0.837. The van der Waals surface area contributed by atoms with Crippen LogP contribution >= 0.6 is 0 Å². The van der Waals surface area contributed by atoms with Crippen LogP contribution in [-0.2, 0) is 6.54 Å². The number of nitrogens with zero attached hydrogens (tertiary/aromatic N) is 2. The Morgan fingerprint density at radius 3 is 2.65 bits per heavy atom. The van der Waals surface area contributed by atoms with Crippen LogP contribution in [0.3, 0.4) is 0 Å². The summed E-state index contributed by atoms with van der Waals surface area (Å²) in [5.41, 5.74) is 3.29. The molecule has 20 heavy (non-hydrogen) atoms. The number of aromatic nitrogens is 1. The summed E-state index contributed by atoms with van der Waals surface area (Å²) in [5, 5.41) is 3.43. The van der Waals surface area contributed by atoms with Gasteiger partial charge in [-0.05, 0) is 37.6 Å². The summed E-state index contributed by atoms with van der Waals surface area (Å²) in [6.07, 6.45) is 2.84. The zero-order chi connectivity index (χ0) is 14.0. The van der Waals surface area contributed by atoms with E-state index < -0.39 is 0 Å². The highest BCUT2D eigenvalue weighted by molar-refractivity contribution is 5.96. The molecule has 0 fully saturated rings. The SMILES string of the molecule is CC(=NCCCNCc1ccccc1)c1ccccn1. The molecule has 0 spiro atoms. The van der Waals surface area contributed by atoms with Crippen molar-refractivity contribution in [1.29, 1.82) is 0 Å². The van der Waals surface area contributed by atoms with E-state index in [1.165, 1.54) is 5.56 Å². The topological polar surface area (TPSA) is 37.3 Å². The first-order valence-corrected chi connectivity index (χ1v) is 7.03. The fourth-order valence-corrected chi connectivity index (χ4v) is 1.94. The fourth-order valence-electron chi connectivity index (χ4n) is 1.94. The third-order valence-corrected chi connectivity index (χ3v) is 3.07. The lowest BCUT2D eigenvalue weighted by molar-refractivity contribution is 0.656. The van der Waals surface area contributed by atoms with Gasteiger partial charge in [0.2, 0.25) is 0 Å². The van der Waals surface area contributed by atoms with E-state index in [1.807, 2.05) is 31.2 Å². The molecule has 0 aliphatic rings. The number of nitrogens with one attached hydrogen (secondary N) is 1. The Bertz CT molecular complexity index is 520. The molecule has 104 valence electrons. The molecular formula is C17H21N3. The van der Waals surface area contributed by atoms with Crippen molar-refractivity contribution in [2.75, 3.05) is 13.1 Å². The molecule has 0 unspecified atom stereocenters. The fraction of sp³-hybridized carbons (Fsp3) is 0.294. The smallest absolute Gasteiger partial charge is 0.0836 e. The molecule has 0 amide bonds. The number of pyridine rings is 1. The number of hydrogen-bond donors (Lipinski definition) is 1. The molecule has 0 saturated carbocycles. The Balaban J connectivity index is 1.64. The predicted octanol–water partition coefficient (Wildman–Crippen LogP) is 3.07. The van der Waals surface area contributed by atoms with E-state index in [0.29, 0.717) is 0 Å². The number of aliphatic imine (C=N–C) groups is 1. The summed E-state index contributed by atoms with van der Waals surface area (Å²) < 4.78 is 0. The first-order valence-electron chi connectivity index (χ1n) is 7.03. The minimum absolute atomic E-state index is 0.837. The van der Waals surface area contributed by atoms with Gasteiger partial charge < -0.3 is 5.32 Å². The summed E-state index contributed by atoms with van der Waals surface area (Å²) >= 11 is 0. The van der Waals surface area contributed by atoms with Crippen molar-refractivity contribution in [2.24, 2.45) is 4.99 Å². The van der Waals surface area contributed by atoms with E-state index in [0.717, 1.165) is 37.5 Å². The number of benzene rings is 1. The summed E-state index contributed by atoms with van der Waals surface area (Å²) in [6.45, 7) is 4.75. The maximum absolute atomic E-state index is 4.55. The number of hydrogen-bond acceptors (Lipinski definition) is 3. The van der Waals surface area contributed by atoms with E-state index >= 15 is 0 Å². The molecule has 0 radical (unpaired) electrons. The molecule has 0 aliphatic carbocycles. The summed E-state index contributed by atoms with van der Waals surface area (Å²) in [7, 11) is 0. The lowest BCUT2D eigenvalue weighted by Crippen LogP contribution is -2.15. The van der Waals surface area contributed by atoms with Gasteiger partial charge >= 0.3 is 0 Å². The van der Waals surface area contributed by atoms with Gasteiger partial charge in [0.25, 0.3) is 0 Å². The van der Waals surface area contributed by atoms with Crippen LogP contribution in [0.1, 0.15) is 24.6 Å². The van der Waals surface area contributed by atoms with E-state index in [4.69, 9.17) is 0 Å². The zero-order valence-corrected chi connectivity index (χ0v) is 11.9. The Morgan fingerprint density at radius 2 is 1.90 bits per heavy atom. The lowest BCUT2D eigenvalue weighted by atomic mass is 10.2. The van der Waals surface area contributed by atoms with Crippen LogP contribution in [0.5, 0.6) is 0 Å². The predicted molar refractivity (Wildman–Crippen MR) is 84.1 cm³/mol. The van der Waals surface area contributed by atoms with Gasteiger partial charge in [0.15, 0.2) is 0 Å². The van der Waals surface area contributed by atoms with E-state index in [1.54, 1.807) is 6.20 Å². The molecule has 0 atom stereocenters. The van der Waals surface area contributed by atoms with Crippen LogP contribution in [0, 0.1) is 0 Å². The standard InChI is InChI=1S/C17H21N3/c1-15(17-10-5-6-12-20-17)19-13-7-11-18-14-16-8-3-2-4-9-16/h2-6,8-10,12,18H,7,11,13-14H2,1H3.